The number of carbonyl (C=O) groups excluding carboxylic acids is 2. The van der Waals surface area contributed by atoms with E-state index < -0.39 is 0 Å². The molecule has 0 bridgehead atoms. The van der Waals surface area contributed by atoms with Gasteiger partial charge in [0.25, 0.3) is 0 Å². The molecule has 2 aliphatic rings. The van der Waals surface area contributed by atoms with Gasteiger partial charge in [-0.05, 0) is 37.5 Å². The Bertz CT molecular complexity index is 672. The molecule has 1 aromatic rings. The summed E-state index contributed by atoms with van der Waals surface area (Å²) >= 11 is 0. The molecular weight excluding hydrogens is 332 g/mol. The molecule has 0 spiro atoms. The largest absolute Gasteiger partial charge is 0.497 e. The minimum absolute atomic E-state index is 0.00724. The summed E-state index contributed by atoms with van der Waals surface area (Å²) in [6, 6.07) is 5.63. The van der Waals surface area contributed by atoms with Crippen LogP contribution in [-0.4, -0.2) is 50.6 Å². The molecule has 0 aromatic heterocycles. The molecule has 3 rings (SSSR count). The van der Waals surface area contributed by atoms with Gasteiger partial charge >= 0.3 is 0 Å². The number of likely N-dealkylation sites (tertiary alicyclic amines) is 1. The molecule has 2 fully saturated rings. The van der Waals surface area contributed by atoms with Crippen LogP contribution in [-0.2, 0) is 9.59 Å². The third kappa shape index (κ3) is 3.79. The molecule has 1 aromatic carbocycles. The predicted molar refractivity (Wildman–Crippen MR) is 98.4 cm³/mol. The summed E-state index contributed by atoms with van der Waals surface area (Å²) in [6.45, 7) is 3.69. The van der Waals surface area contributed by atoms with E-state index in [1.54, 1.807) is 14.2 Å². The number of amides is 2. The average Bonchev–Trinajstić information content (AvgIpc) is 3.43. The summed E-state index contributed by atoms with van der Waals surface area (Å²) in [7, 11) is 3.24. The predicted octanol–water partition coefficient (Wildman–Crippen LogP) is 2.18. The Balaban J connectivity index is 1.90. The smallest absolute Gasteiger partial charge is 0.225 e. The summed E-state index contributed by atoms with van der Waals surface area (Å²) in [6.07, 6.45) is 2.82. The molecular formula is C20H28N2O4. The molecule has 0 unspecified atom stereocenters. The number of rotatable bonds is 7. The van der Waals surface area contributed by atoms with Crippen molar-refractivity contribution < 1.29 is 19.1 Å². The minimum Gasteiger partial charge on any atom is -0.497 e. The Morgan fingerprint density at radius 3 is 2.58 bits per heavy atom. The number of nitrogens with one attached hydrogen (secondary N) is 1. The Morgan fingerprint density at radius 1 is 1.19 bits per heavy atom. The second kappa shape index (κ2) is 7.98. The van der Waals surface area contributed by atoms with Gasteiger partial charge in [-0.1, -0.05) is 6.92 Å². The van der Waals surface area contributed by atoms with Crippen molar-refractivity contribution in [3.63, 3.8) is 0 Å². The fraction of sp³-hybridized carbons (Fsp3) is 0.600. The molecule has 1 aliphatic carbocycles. The van der Waals surface area contributed by atoms with E-state index in [-0.39, 0.29) is 29.6 Å². The maximum absolute atomic E-state index is 12.8. The minimum atomic E-state index is -0.273. The van der Waals surface area contributed by atoms with Crippen LogP contribution in [0.25, 0.3) is 0 Å². The molecule has 1 heterocycles. The van der Waals surface area contributed by atoms with Crippen LogP contribution in [0.3, 0.4) is 0 Å². The van der Waals surface area contributed by atoms with Crippen LogP contribution < -0.4 is 14.8 Å². The normalized spacial score (nSPS) is 22.2. The van der Waals surface area contributed by atoms with Gasteiger partial charge in [0.15, 0.2) is 0 Å². The Morgan fingerprint density at radius 2 is 1.96 bits per heavy atom. The van der Waals surface area contributed by atoms with Crippen LogP contribution in [0.5, 0.6) is 11.5 Å². The molecule has 142 valence electrons. The molecule has 2 atom stereocenters. The standard InChI is InChI=1S/C20H28N2O4/c1-4-9-21-19(23)17-12-22(20(24)13-5-6-13)11-16(17)15-10-14(25-2)7-8-18(15)26-3/h7-8,10,13,16-17H,4-6,9,11-12H2,1-3H3,(H,21,23)/t16-,17+/m1/s1. The van der Waals surface area contributed by atoms with Crippen LogP contribution in [0.2, 0.25) is 0 Å². The van der Waals surface area contributed by atoms with Gasteiger partial charge in [-0.15, -0.1) is 0 Å². The van der Waals surface area contributed by atoms with Gasteiger partial charge < -0.3 is 19.7 Å². The van der Waals surface area contributed by atoms with E-state index in [1.807, 2.05) is 30.0 Å². The molecule has 1 saturated heterocycles. The zero-order valence-corrected chi connectivity index (χ0v) is 15.8. The highest BCUT2D eigenvalue weighted by Crippen LogP contribution is 2.41. The monoisotopic (exact) mass is 360 g/mol. The molecule has 1 aliphatic heterocycles. The van der Waals surface area contributed by atoms with Crippen LogP contribution in [0.4, 0.5) is 0 Å². The Kier molecular flexibility index (Phi) is 5.69. The first kappa shape index (κ1) is 18.5. The van der Waals surface area contributed by atoms with Crippen LogP contribution in [0.1, 0.15) is 37.7 Å². The number of ether oxygens (including phenoxy) is 2. The van der Waals surface area contributed by atoms with E-state index in [4.69, 9.17) is 9.47 Å². The molecule has 2 amide bonds. The van der Waals surface area contributed by atoms with Crippen molar-refractivity contribution in [2.24, 2.45) is 11.8 Å². The van der Waals surface area contributed by atoms with Gasteiger partial charge in [-0.2, -0.15) is 0 Å². The number of methoxy groups -OCH3 is 2. The quantitative estimate of drug-likeness (QED) is 0.809. The van der Waals surface area contributed by atoms with Gasteiger partial charge in [0.2, 0.25) is 11.8 Å². The first-order valence-corrected chi connectivity index (χ1v) is 9.37. The zero-order valence-electron chi connectivity index (χ0n) is 15.8. The number of hydrogen-bond acceptors (Lipinski definition) is 4. The van der Waals surface area contributed by atoms with Gasteiger partial charge in [-0.25, -0.2) is 0 Å². The van der Waals surface area contributed by atoms with Crippen molar-refractivity contribution in [2.75, 3.05) is 33.9 Å². The van der Waals surface area contributed by atoms with Crippen molar-refractivity contribution in [3.05, 3.63) is 23.8 Å². The highest BCUT2D eigenvalue weighted by atomic mass is 16.5. The number of hydrogen-bond donors (Lipinski definition) is 1. The molecule has 26 heavy (non-hydrogen) atoms. The number of nitrogens with zero attached hydrogens (tertiary/aromatic N) is 1. The highest BCUT2D eigenvalue weighted by molar-refractivity contribution is 5.85. The van der Waals surface area contributed by atoms with Crippen molar-refractivity contribution in [1.82, 2.24) is 10.2 Å². The molecule has 6 nitrogen and oxygen atoms in total. The van der Waals surface area contributed by atoms with Crippen LogP contribution in [0.15, 0.2) is 18.2 Å². The zero-order chi connectivity index (χ0) is 18.7. The Labute approximate surface area is 154 Å². The van der Waals surface area contributed by atoms with E-state index in [9.17, 15) is 9.59 Å². The maximum atomic E-state index is 12.8. The molecule has 6 heteroatoms. The SMILES string of the molecule is CCCNC(=O)[C@H]1CN(C(=O)C2CC2)C[C@@H]1c1cc(OC)ccc1OC. The summed E-state index contributed by atoms with van der Waals surface area (Å²) in [4.78, 5) is 27.2. The lowest BCUT2D eigenvalue weighted by Gasteiger charge is -2.21. The Hall–Kier alpha value is -2.24. The van der Waals surface area contributed by atoms with Gasteiger partial charge in [0.05, 0.1) is 20.1 Å². The van der Waals surface area contributed by atoms with E-state index in [0.717, 1.165) is 36.3 Å². The summed E-state index contributed by atoms with van der Waals surface area (Å²) in [5, 5.41) is 3.00. The summed E-state index contributed by atoms with van der Waals surface area (Å²) in [5.74, 6) is 1.42. The topological polar surface area (TPSA) is 67.9 Å². The summed E-state index contributed by atoms with van der Waals surface area (Å²) in [5.41, 5.74) is 0.926. The molecule has 1 N–H and O–H groups in total. The van der Waals surface area contributed by atoms with E-state index in [1.165, 1.54) is 0 Å². The first-order chi connectivity index (χ1) is 12.6. The number of benzene rings is 1. The van der Waals surface area contributed by atoms with E-state index in [0.29, 0.717) is 19.6 Å². The van der Waals surface area contributed by atoms with Crippen molar-refractivity contribution >= 4 is 11.8 Å². The highest BCUT2D eigenvalue weighted by Gasteiger charge is 2.44. The second-order valence-corrected chi connectivity index (χ2v) is 7.13. The van der Waals surface area contributed by atoms with Gasteiger partial charge in [0, 0.05) is 37.0 Å². The lowest BCUT2D eigenvalue weighted by Crippen LogP contribution is -2.36. The fourth-order valence-corrected chi connectivity index (χ4v) is 3.66. The van der Waals surface area contributed by atoms with Crippen molar-refractivity contribution in [2.45, 2.75) is 32.1 Å². The van der Waals surface area contributed by atoms with Crippen LogP contribution in [0, 0.1) is 11.8 Å². The van der Waals surface area contributed by atoms with Gasteiger partial charge in [-0.3, -0.25) is 9.59 Å². The lowest BCUT2D eigenvalue weighted by molar-refractivity contribution is -0.132. The summed E-state index contributed by atoms with van der Waals surface area (Å²) < 4.78 is 10.9. The fourth-order valence-electron chi connectivity index (χ4n) is 3.66. The molecule has 1 saturated carbocycles. The van der Waals surface area contributed by atoms with Gasteiger partial charge in [0.1, 0.15) is 11.5 Å². The van der Waals surface area contributed by atoms with E-state index in [2.05, 4.69) is 5.32 Å². The molecule has 0 radical (unpaired) electrons. The van der Waals surface area contributed by atoms with Crippen LogP contribution >= 0.6 is 0 Å². The average molecular weight is 360 g/mol. The lowest BCUT2D eigenvalue weighted by atomic mass is 9.87. The van der Waals surface area contributed by atoms with E-state index >= 15 is 0 Å². The second-order valence-electron chi connectivity index (χ2n) is 7.13. The third-order valence-corrected chi connectivity index (χ3v) is 5.28. The third-order valence-electron chi connectivity index (χ3n) is 5.28. The van der Waals surface area contributed by atoms with Crippen molar-refractivity contribution in [3.8, 4) is 11.5 Å². The van der Waals surface area contributed by atoms with Crippen molar-refractivity contribution in [1.29, 1.82) is 0 Å². The first-order valence-electron chi connectivity index (χ1n) is 9.37. The number of carbonyl (C=O) groups is 2. The maximum Gasteiger partial charge on any atom is 0.225 e.